The maximum Gasteiger partial charge on any atom is 0.351 e. The van der Waals surface area contributed by atoms with Crippen molar-refractivity contribution in [3.8, 4) is 5.75 Å². The molecule has 0 aromatic heterocycles. The predicted molar refractivity (Wildman–Crippen MR) is 65.3 cm³/mol. The minimum atomic E-state index is -1.02. The number of rotatable bonds is 7. The van der Waals surface area contributed by atoms with Gasteiger partial charge in [0.25, 0.3) is 0 Å². The summed E-state index contributed by atoms with van der Waals surface area (Å²) >= 11 is 0. The molecule has 2 N–H and O–H groups in total. The first-order valence-corrected chi connectivity index (χ1v) is 5.38. The molecular formula is C12H16N2O3. The van der Waals surface area contributed by atoms with Gasteiger partial charge in [0, 0.05) is 13.0 Å². The highest BCUT2D eigenvalue weighted by atomic mass is 16.5. The average molecular weight is 236 g/mol. The summed E-state index contributed by atoms with van der Waals surface area (Å²) in [4.78, 5) is 10.4. The summed E-state index contributed by atoms with van der Waals surface area (Å²) in [6.45, 7) is 2.59. The molecule has 0 fully saturated rings. The van der Waals surface area contributed by atoms with Gasteiger partial charge in [-0.2, -0.15) is 5.10 Å². The normalized spacial score (nSPS) is 11.0. The lowest BCUT2D eigenvalue weighted by molar-refractivity contribution is -0.129. The molecule has 1 aromatic rings. The van der Waals surface area contributed by atoms with Crippen molar-refractivity contribution in [1.82, 2.24) is 5.43 Å². The summed E-state index contributed by atoms with van der Waals surface area (Å²) in [5.74, 6) is -0.184. The van der Waals surface area contributed by atoms with Gasteiger partial charge in [-0.05, 0) is 19.1 Å². The number of hydrazone groups is 1. The van der Waals surface area contributed by atoms with E-state index in [1.54, 1.807) is 0 Å². The lowest BCUT2D eigenvalue weighted by atomic mass is 10.3. The minimum Gasteiger partial charge on any atom is -0.494 e. The SMILES string of the molecule is CC(=NNCCCOc1ccccc1)C(=O)O. The molecule has 0 radical (unpaired) electrons. The second-order valence-electron chi connectivity index (χ2n) is 3.43. The minimum absolute atomic E-state index is 0.0500. The molecule has 0 aliphatic heterocycles. The van der Waals surface area contributed by atoms with Gasteiger partial charge in [-0.25, -0.2) is 4.79 Å². The summed E-state index contributed by atoms with van der Waals surface area (Å²) in [7, 11) is 0. The number of hydrogen-bond acceptors (Lipinski definition) is 4. The van der Waals surface area contributed by atoms with Crippen LogP contribution in [-0.4, -0.2) is 29.9 Å². The van der Waals surface area contributed by atoms with E-state index in [1.165, 1.54) is 6.92 Å². The Labute approximate surface area is 100 Å². The van der Waals surface area contributed by atoms with Gasteiger partial charge in [-0.1, -0.05) is 18.2 Å². The number of nitrogens with zero attached hydrogens (tertiary/aromatic N) is 1. The van der Waals surface area contributed by atoms with Gasteiger partial charge < -0.3 is 15.3 Å². The van der Waals surface area contributed by atoms with E-state index in [0.29, 0.717) is 13.2 Å². The smallest absolute Gasteiger partial charge is 0.351 e. The van der Waals surface area contributed by atoms with E-state index in [4.69, 9.17) is 9.84 Å². The van der Waals surface area contributed by atoms with Crippen molar-refractivity contribution in [3.63, 3.8) is 0 Å². The fourth-order valence-electron chi connectivity index (χ4n) is 1.08. The molecule has 0 saturated heterocycles. The Bertz CT molecular complexity index is 377. The molecule has 1 aromatic carbocycles. The van der Waals surface area contributed by atoms with Gasteiger partial charge in [-0.15, -0.1) is 0 Å². The number of benzene rings is 1. The van der Waals surface area contributed by atoms with Crippen LogP contribution in [0.1, 0.15) is 13.3 Å². The third kappa shape index (κ3) is 5.55. The number of hydrogen-bond donors (Lipinski definition) is 2. The molecule has 0 spiro atoms. The fraction of sp³-hybridized carbons (Fsp3) is 0.333. The van der Waals surface area contributed by atoms with Crippen molar-refractivity contribution in [3.05, 3.63) is 30.3 Å². The molecule has 0 heterocycles. The molecule has 0 aliphatic rings. The molecule has 0 bridgehead atoms. The van der Waals surface area contributed by atoms with Gasteiger partial charge >= 0.3 is 5.97 Å². The van der Waals surface area contributed by atoms with E-state index in [1.807, 2.05) is 30.3 Å². The summed E-state index contributed by atoms with van der Waals surface area (Å²) < 4.78 is 5.46. The largest absolute Gasteiger partial charge is 0.494 e. The average Bonchev–Trinajstić information content (AvgIpc) is 2.34. The first kappa shape index (κ1) is 13.0. The van der Waals surface area contributed by atoms with Gasteiger partial charge in [0.1, 0.15) is 11.5 Å². The zero-order chi connectivity index (χ0) is 12.5. The number of carbonyl (C=O) groups is 1. The van der Waals surface area contributed by atoms with E-state index >= 15 is 0 Å². The lowest BCUT2D eigenvalue weighted by Gasteiger charge is -2.05. The van der Waals surface area contributed by atoms with Crippen LogP contribution in [0.4, 0.5) is 0 Å². The third-order valence-corrected chi connectivity index (χ3v) is 2.00. The Morgan fingerprint density at radius 3 is 2.76 bits per heavy atom. The quantitative estimate of drug-likeness (QED) is 0.427. The molecule has 0 amide bonds. The molecule has 0 unspecified atom stereocenters. The molecule has 0 aliphatic carbocycles. The molecule has 0 saturated carbocycles. The van der Waals surface area contributed by atoms with Gasteiger partial charge in [0.05, 0.1) is 6.61 Å². The fourth-order valence-corrected chi connectivity index (χ4v) is 1.08. The van der Waals surface area contributed by atoms with Crippen LogP contribution in [0.25, 0.3) is 0 Å². The molecule has 5 nitrogen and oxygen atoms in total. The Morgan fingerprint density at radius 1 is 1.41 bits per heavy atom. The van der Waals surface area contributed by atoms with Crippen LogP contribution in [0.5, 0.6) is 5.75 Å². The Kier molecular flexibility index (Phi) is 5.57. The van der Waals surface area contributed by atoms with Crippen molar-refractivity contribution in [1.29, 1.82) is 0 Å². The Balaban J connectivity index is 2.10. The molecular weight excluding hydrogens is 220 g/mol. The standard InChI is InChI=1S/C12H16N2O3/c1-10(12(15)16)14-13-8-5-9-17-11-6-3-2-4-7-11/h2-4,6-7,13H,5,8-9H2,1H3,(H,15,16). The van der Waals surface area contributed by atoms with E-state index in [9.17, 15) is 4.79 Å². The zero-order valence-electron chi connectivity index (χ0n) is 9.72. The van der Waals surface area contributed by atoms with Crippen LogP contribution >= 0.6 is 0 Å². The van der Waals surface area contributed by atoms with Crippen LogP contribution in [-0.2, 0) is 4.79 Å². The van der Waals surface area contributed by atoms with Gasteiger partial charge in [-0.3, -0.25) is 0 Å². The first-order valence-electron chi connectivity index (χ1n) is 5.38. The van der Waals surface area contributed by atoms with E-state index in [2.05, 4.69) is 10.5 Å². The lowest BCUT2D eigenvalue weighted by Crippen LogP contribution is -2.17. The summed E-state index contributed by atoms with van der Waals surface area (Å²) in [6.07, 6.45) is 0.755. The summed E-state index contributed by atoms with van der Waals surface area (Å²) in [5.41, 5.74) is 2.73. The maximum atomic E-state index is 10.4. The van der Waals surface area contributed by atoms with Gasteiger partial charge in [0.2, 0.25) is 0 Å². The van der Waals surface area contributed by atoms with E-state index in [0.717, 1.165) is 12.2 Å². The highest BCUT2D eigenvalue weighted by Gasteiger charge is 1.99. The second kappa shape index (κ2) is 7.27. The summed E-state index contributed by atoms with van der Waals surface area (Å²) in [5, 5.41) is 12.2. The Morgan fingerprint density at radius 2 is 2.12 bits per heavy atom. The number of carboxylic acid groups (broad SMARTS) is 1. The third-order valence-electron chi connectivity index (χ3n) is 2.00. The topological polar surface area (TPSA) is 70.9 Å². The van der Waals surface area contributed by atoms with E-state index in [-0.39, 0.29) is 5.71 Å². The van der Waals surface area contributed by atoms with Crippen molar-refractivity contribution >= 4 is 11.7 Å². The van der Waals surface area contributed by atoms with Gasteiger partial charge in [0.15, 0.2) is 0 Å². The van der Waals surface area contributed by atoms with Crippen molar-refractivity contribution in [2.24, 2.45) is 5.10 Å². The van der Waals surface area contributed by atoms with Crippen LogP contribution in [0.15, 0.2) is 35.4 Å². The highest BCUT2D eigenvalue weighted by molar-refractivity contribution is 6.34. The van der Waals surface area contributed by atoms with Crippen LogP contribution in [0.3, 0.4) is 0 Å². The van der Waals surface area contributed by atoms with Crippen LogP contribution in [0, 0.1) is 0 Å². The molecule has 0 atom stereocenters. The summed E-state index contributed by atoms with van der Waals surface area (Å²) in [6, 6.07) is 9.53. The van der Waals surface area contributed by atoms with Crippen LogP contribution in [0.2, 0.25) is 0 Å². The number of ether oxygens (including phenoxy) is 1. The first-order chi connectivity index (χ1) is 8.20. The predicted octanol–water partition coefficient (Wildman–Crippen LogP) is 1.51. The molecule has 17 heavy (non-hydrogen) atoms. The molecule has 5 heteroatoms. The number of carboxylic acids is 1. The Hall–Kier alpha value is -2.04. The number of aliphatic carboxylic acids is 1. The molecule has 92 valence electrons. The van der Waals surface area contributed by atoms with E-state index < -0.39 is 5.97 Å². The van der Waals surface area contributed by atoms with Crippen molar-refractivity contribution < 1.29 is 14.6 Å². The molecule has 1 rings (SSSR count). The van der Waals surface area contributed by atoms with Crippen LogP contribution < -0.4 is 10.2 Å². The number of nitrogens with one attached hydrogen (secondary N) is 1. The number of para-hydroxylation sites is 1. The zero-order valence-corrected chi connectivity index (χ0v) is 9.72. The monoisotopic (exact) mass is 236 g/mol. The van der Waals surface area contributed by atoms with Crippen molar-refractivity contribution in [2.75, 3.05) is 13.2 Å². The maximum absolute atomic E-state index is 10.4. The second-order valence-corrected chi connectivity index (χ2v) is 3.43. The highest BCUT2D eigenvalue weighted by Crippen LogP contribution is 2.07. The van der Waals surface area contributed by atoms with Crippen molar-refractivity contribution in [2.45, 2.75) is 13.3 Å².